The van der Waals surface area contributed by atoms with Crippen LogP contribution in [0, 0.1) is 13.8 Å². The number of aryl methyl sites for hydroxylation is 2. The summed E-state index contributed by atoms with van der Waals surface area (Å²) in [4.78, 5) is 25.0. The number of ether oxygens (including phenoxy) is 1. The van der Waals surface area contributed by atoms with E-state index in [0.717, 1.165) is 22.0 Å². The number of nitrogens with zero attached hydrogens (tertiary/aromatic N) is 2. The van der Waals surface area contributed by atoms with Gasteiger partial charge in [-0.05, 0) is 42.7 Å². The van der Waals surface area contributed by atoms with Crippen molar-refractivity contribution in [2.75, 3.05) is 0 Å². The molecule has 0 aliphatic heterocycles. The highest BCUT2D eigenvalue weighted by Crippen LogP contribution is 2.39. The van der Waals surface area contributed by atoms with Gasteiger partial charge in [0.15, 0.2) is 5.75 Å². The summed E-state index contributed by atoms with van der Waals surface area (Å²) in [5.74, 6) is 1.04. The van der Waals surface area contributed by atoms with E-state index in [-0.39, 0.29) is 6.54 Å². The number of para-hydroxylation sites is 1. The molecule has 0 saturated heterocycles. The van der Waals surface area contributed by atoms with Crippen LogP contribution in [0.25, 0.3) is 0 Å². The minimum absolute atomic E-state index is 0.110. The normalized spacial score (nSPS) is 10.8. The summed E-state index contributed by atoms with van der Waals surface area (Å²) < 4.78 is 7.06. The molecule has 134 valence electrons. The third kappa shape index (κ3) is 3.81. The van der Waals surface area contributed by atoms with Crippen LogP contribution in [0.1, 0.15) is 16.7 Å². The maximum absolute atomic E-state index is 11.8. The first kappa shape index (κ1) is 18.2. The van der Waals surface area contributed by atoms with Gasteiger partial charge >= 0.3 is 5.69 Å². The summed E-state index contributed by atoms with van der Waals surface area (Å²) in [5, 5.41) is 4.41. The molecular formula is C18H15Cl2N3O3. The zero-order chi connectivity index (χ0) is 18.8. The fourth-order valence-electron chi connectivity index (χ4n) is 2.53. The SMILES string of the molecule is Cc1cccc(C)c1Oc1c(Cl)cc(Cn2ncc(=O)[nH]c2=O)cc1Cl. The molecule has 26 heavy (non-hydrogen) atoms. The summed E-state index contributed by atoms with van der Waals surface area (Å²) in [6, 6.07) is 9.11. The van der Waals surface area contributed by atoms with E-state index in [1.807, 2.05) is 32.0 Å². The van der Waals surface area contributed by atoms with Crippen molar-refractivity contribution in [3.05, 3.63) is 84.1 Å². The van der Waals surface area contributed by atoms with Gasteiger partial charge in [-0.25, -0.2) is 9.48 Å². The Bertz CT molecular complexity index is 1050. The van der Waals surface area contributed by atoms with Gasteiger partial charge in [0.05, 0.1) is 16.6 Å². The van der Waals surface area contributed by atoms with Gasteiger partial charge in [0.25, 0.3) is 5.56 Å². The van der Waals surface area contributed by atoms with Crippen molar-refractivity contribution in [3.63, 3.8) is 0 Å². The third-order valence-corrected chi connectivity index (χ3v) is 4.34. The number of halogens is 2. The van der Waals surface area contributed by atoms with Crippen molar-refractivity contribution < 1.29 is 4.74 Å². The Morgan fingerprint density at radius 3 is 2.27 bits per heavy atom. The van der Waals surface area contributed by atoms with Gasteiger partial charge in [-0.2, -0.15) is 5.10 Å². The van der Waals surface area contributed by atoms with E-state index in [9.17, 15) is 9.59 Å². The van der Waals surface area contributed by atoms with Gasteiger partial charge in [-0.1, -0.05) is 41.4 Å². The number of H-pyrrole nitrogens is 1. The first-order chi connectivity index (χ1) is 12.3. The number of nitrogens with one attached hydrogen (secondary N) is 1. The molecule has 0 fully saturated rings. The van der Waals surface area contributed by atoms with E-state index in [4.69, 9.17) is 27.9 Å². The topological polar surface area (TPSA) is 77.0 Å². The molecule has 3 rings (SSSR count). The van der Waals surface area contributed by atoms with E-state index < -0.39 is 11.2 Å². The molecule has 0 amide bonds. The highest BCUT2D eigenvalue weighted by molar-refractivity contribution is 6.37. The molecule has 0 aliphatic carbocycles. The fraction of sp³-hybridized carbons (Fsp3) is 0.167. The molecule has 1 heterocycles. The molecule has 8 heteroatoms. The molecule has 0 saturated carbocycles. The van der Waals surface area contributed by atoms with Crippen molar-refractivity contribution in [2.24, 2.45) is 0 Å². The number of hydrogen-bond donors (Lipinski definition) is 1. The Labute approximate surface area is 159 Å². The minimum Gasteiger partial charge on any atom is -0.454 e. The smallest absolute Gasteiger partial charge is 0.345 e. The van der Waals surface area contributed by atoms with Gasteiger partial charge in [0.1, 0.15) is 11.9 Å². The maximum Gasteiger partial charge on any atom is 0.345 e. The standard InChI is InChI=1S/C18H15Cl2N3O3/c1-10-4-3-5-11(2)16(10)26-17-13(19)6-12(7-14(17)20)9-23-18(25)22-15(24)8-21-23/h3-8H,9H2,1-2H3,(H,22,24,25). The number of rotatable bonds is 4. The lowest BCUT2D eigenvalue weighted by Crippen LogP contribution is -2.31. The Hall–Kier alpha value is -2.57. The zero-order valence-electron chi connectivity index (χ0n) is 14.0. The van der Waals surface area contributed by atoms with Crippen molar-refractivity contribution in [1.82, 2.24) is 14.8 Å². The third-order valence-electron chi connectivity index (χ3n) is 3.78. The number of aromatic nitrogens is 3. The largest absolute Gasteiger partial charge is 0.454 e. The second kappa shape index (κ2) is 7.35. The first-order valence-electron chi connectivity index (χ1n) is 7.73. The Morgan fingerprint density at radius 1 is 1.08 bits per heavy atom. The predicted octanol–water partition coefficient (Wildman–Crippen LogP) is 3.70. The molecule has 0 bridgehead atoms. The van der Waals surface area contributed by atoms with Crippen molar-refractivity contribution in [1.29, 1.82) is 0 Å². The summed E-state index contributed by atoms with van der Waals surface area (Å²) >= 11 is 12.7. The van der Waals surface area contributed by atoms with Gasteiger partial charge in [-0.15, -0.1) is 0 Å². The molecular weight excluding hydrogens is 377 g/mol. The van der Waals surface area contributed by atoms with Crippen LogP contribution in [0.5, 0.6) is 11.5 Å². The average molecular weight is 392 g/mol. The van der Waals surface area contributed by atoms with Gasteiger partial charge in [-0.3, -0.25) is 9.78 Å². The second-order valence-electron chi connectivity index (χ2n) is 5.81. The molecule has 0 aliphatic rings. The molecule has 0 radical (unpaired) electrons. The second-order valence-corrected chi connectivity index (χ2v) is 6.62. The van der Waals surface area contributed by atoms with Crippen LogP contribution in [0.2, 0.25) is 10.0 Å². The van der Waals surface area contributed by atoms with Crippen LogP contribution in [-0.2, 0) is 6.54 Å². The summed E-state index contributed by atoms with van der Waals surface area (Å²) in [6.45, 7) is 3.98. The highest BCUT2D eigenvalue weighted by Gasteiger charge is 2.14. The van der Waals surface area contributed by atoms with E-state index in [1.54, 1.807) is 12.1 Å². The fourth-order valence-corrected chi connectivity index (χ4v) is 3.14. The van der Waals surface area contributed by atoms with E-state index in [0.29, 0.717) is 27.1 Å². The molecule has 1 aromatic heterocycles. The summed E-state index contributed by atoms with van der Waals surface area (Å²) in [5.41, 5.74) is 1.41. The minimum atomic E-state index is -0.611. The van der Waals surface area contributed by atoms with Crippen LogP contribution < -0.4 is 16.0 Å². The van der Waals surface area contributed by atoms with E-state index in [1.165, 1.54) is 0 Å². The molecule has 3 aromatic rings. The van der Waals surface area contributed by atoms with Gasteiger partial charge in [0.2, 0.25) is 0 Å². The van der Waals surface area contributed by atoms with E-state index >= 15 is 0 Å². The van der Waals surface area contributed by atoms with E-state index in [2.05, 4.69) is 10.1 Å². The Balaban J connectivity index is 1.93. The highest BCUT2D eigenvalue weighted by atomic mass is 35.5. The molecule has 0 spiro atoms. The van der Waals surface area contributed by atoms with Crippen LogP contribution in [0.15, 0.2) is 46.1 Å². The average Bonchev–Trinajstić information content (AvgIpc) is 2.56. The monoisotopic (exact) mass is 391 g/mol. The maximum atomic E-state index is 11.8. The molecule has 1 N–H and O–H groups in total. The van der Waals surface area contributed by atoms with Gasteiger partial charge < -0.3 is 4.74 Å². The number of aromatic amines is 1. The molecule has 0 unspecified atom stereocenters. The lowest BCUT2D eigenvalue weighted by Gasteiger charge is -2.15. The lowest BCUT2D eigenvalue weighted by molar-refractivity contribution is 0.475. The van der Waals surface area contributed by atoms with Gasteiger partial charge in [0, 0.05) is 0 Å². The number of hydrogen-bond acceptors (Lipinski definition) is 4. The van der Waals surface area contributed by atoms with Crippen molar-refractivity contribution in [2.45, 2.75) is 20.4 Å². The molecule has 0 atom stereocenters. The first-order valence-corrected chi connectivity index (χ1v) is 8.49. The van der Waals surface area contributed by atoms with Crippen molar-refractivity contribution >= 4 is 23.2 Å². The van der Waals surface area contributed by atoms with Crippen LogP contribution in [0.4, 0.5) is 0 Å². The molecule has 2 aromatic carbocycles. The summed E-state index contributed by atoms with van der Waals surface area (Å²) in [6.07, 6.45) is 1.03. The quantitative estimate of drug-likeness (QED) is 0.735. The Kier molecular flexibility index (Phi) is 5.15. The predicted molar refractivity (Wildman–Crippen MR) is 101 cm³/mol. The zero-order valence-corrected chi connectivity index (χ0v) is 15.6. The lowest BCUT2D eigenvalue weighted by atomic mass is 10.1. The van der Waals surface area contributed by atoms with Crippen LogP contribution >= 0.6 is 23.2 Å². The number of benzene rings is 2. The van der Waals surface area contributed by atoms with Crippen LogP contribution in [-0.4, -0.2) is 14.8 Å². The van der Waals surface area contributed by atoms with Crippen LogP contribution in [0.3, 0.4) is 0 Å². The summed E-state index contributed by atoms with van der Waals surface area (Å²) in [7, 11) is 0. The molecule has 6 nitrogen and oxygen atoms in total. The Morgan fingerprint density at radius 2 is 1.69 bits per heavy atom. The van der Waals surface area contributed by atoms with Crippen molar-refractivity contribution in [3.8, 4) is 11.5 Å².